The van der Waals surface area contributed by atoms with Crippen LogP contribution in [0.3, 0.4) is 0 Å². The summed E-state index contributed by atoms with van der Waals surface area (Å²) in [5, 5.41) is 14.9. The molecule has 0 amide bonds. The fourth-order valence-electron chi connectivity index (χ4n) is 2.66. The van der Waals surface area contributed by atoms with Crippen LogP contribution in [0.1, 0.15) is 32.3 Å². The Balaban J connectivity index is 2.33. The van der Waals surface area contributed by atoms with Crippen molar-refractivity contribution in [1.82, 2.24) is 5.32 Å². The first kappa shape index (κ1) is 11.9. The van der Waals surface area contributed by atoms with E-state index >= 15 is 0 Å². The molecule has 16 heavy (non-hydrogen) atoms. The number of hydrogen-bond acceptors (Lipinski definition) is 2. The topological polar surface area (TPSA) is 32.3 Å². The average molecular weight is 240 g/mol. The van der Waals surface area contributed by atoms with Crippen LogP contribution in [0, 0.1) is 0 Å². The maximum absolute atomic E-state index is 10.8. The van der Waals surface area contributed by atoms with Crippen molar-refractivity contribution in [2.24, 2.45) is 0 Å². The first-order chi connectivity index (χ1) is 7.56. The van der Waals surface area contributed by atoms with Gasteiger partial charge in [-0.3, -0.25) is 0 Å². The van der Waals surface area contributed by atoms with Gasteiger partial charge in [-0.2, -0.15) is 0 Å². The highest BCUT2D eigenvalue weighted by Gasteiger charge is 2.44. The van der Waals surface area contributed by atoms with Gasteiger partial charge in [-0.05, 0) is 37.5 Å². The Hall–Kier alpha value is -0.570. The minimum atomic E-state index is -0.751. The minimum absolute atomic E-state index is 0.128. The molecule has 1 aliphatic heterocycles. The SMILES string of the molecule is CCC1NC(C)CC1(O)c1ccc(Cl)cc1. The van der Waals surface area contributed by atoms with E-state index in [1.807, 2.05) is 24.3 Å². The van der Waals surface area contributed by atoms with E-state index in [1.165, 1.54) is 0 Å². The van der Waals surface area contributed by atoms with Gasteiger partial charge >= 0.3 is 0 Å². The number of rotatable bonds is 2. The lowest BCUT2D eigenvalue weighted by atomic mass is 9.84. The summed E-state index contributed by atoms with van der Waals surface area (Å²) in [5.74, 6) is 0. The van der Waals surface area contributed by atoms with Gasteiger partial charge in [0.2, 0.25) is 0 Å². The average Bonchev–Trinajstić information content (AvgIpc) is 2.55. The zero-order chi connectivity index (χ0) is 11.8. The third-order valence-corrected chi connectivity index (χ3v) is 3.68. The van der Waals surface area contributed by atoms with Gasteiger partial charge in [-0.15, -0.1) is 0 Å². The third kappa shape index (κ3) is 1.97. The normalized spacial score (nSPS) is 34.2. The first-order valence-electron chi connectivity index (χ1n) is 5.80. The Morgan fingerprint density at radius 1 is 1.44 bits per heavy atom. The van der Waals surface area contributed by atoms with E-state index in [2.05, 4.69) is 19.2 Å². The van der Waals surface area contributed by atoms with E-state index in [4.69, 9.17) is 11.6 Å². The summed E-state index contributed by atoms with van der Waals surface area (Å²) in [6.07, 6.45) is 1.68. The zero-order valence-corrected chi connectivity index (χ0v) is 10.5. The van der Waals surface area contributed by atoms with Crippen LogP contribution in [0.25, 0.3) is 0 Å². The van der Waals surface area contributed by atoms with Crippen molar-refractivity contribution < 1.29 is 5.11 Å². The quantitative estimate of drug-likeness (QED) is 0.832. The summed E-state index contributed by atoms with van der Waals surface area (Å²) < 4.78 is 0. The van der Waals surface area contributed by atoms with Crippen LogP contribution in [0.15, 0.2) is 24.3 Å². The van der Waals surface area contributed by atoms with Crippen molar-refractivity contribution in [3.05, 3.63) is 34.9 Å². The Morgan fingerprint density at radius 2 is 2.06 bits per heavy atom. The van der Waals surface area contributed by atoms with E-state index in [1.54, 1.807) is 0 Å². The Kier molecular flexibility index (Phi) is 3.24. The van der Waals surface area contributed by atoms with E-state index in [-0.39, 0.29) is 6.04 Å². The maximum atomic E-state index is 10.8. The number of hydrogen-bond donors (Lipinski definition) is 2. The summed E-state index contributed by atoms with van der Waals surface area (Å²) in [4.78, 5) is 0. The molecule has 0 bridgehead atoms. The fourth-order valence-corrected chi connectivity index (χ4v) is 2.79. The standard InChI is InChI=1S/C13H18ClNO/c1-3-12-13(16,8-9(2)15-12)10-4-6-11(14)7-5-10/h4-7,9,12,15-16H,3,8H2,1-2H3. The lowest BCUT2D eigenvalue weighted by Gasteiger charge is -2.29. The second kappa shape index (κ2) is 4.36. The Labute approximate surface area is 102 Å². The van der Waals surface area contributed by atoms with Gasteiger partial charge in [0.15, 0.2) is 0 Å². The predicted molar refractivity (Wildman–Crippen MR) is 66.6 cm³/mol. The van der Waals surface area contributed by atoms with Crippen molar-refractivity contribution in [1.29, 1.82) is 0 Å². The second-order valence-electron chi connectivity index (χ2n) is 4.66. The molecule has 0 spiro atoms. The molecule has 0 saturated carbocycles. The van der Waals surface area contributed by atoms with Gasteiger partial charge in [0.25, 0.3) is 0 Å². The van der Waals surface area contributed by atoms with Crippen LogP contribution in [0.4, 0.5) is 0 Å². The van der Waals surface area contributed by atoms with Gasteiger partial charge in [0.05, 0.1) is 0 Å². The molecule has 1 aromatic rings. The van der Waals surface area contributed by atoms with Gasteiger partial charge in [0, 0.05) is 17.1 Å². The fraction of sp³-hybridized carbons (Fsp3) is 0.538. The Bertz CT molecular complexity index is 365. The van der Waals surface area contributed by atoms with Gasteiger partial charge in [-0.1, -0.05) is 30.7 Å². The highest BCUT2D eigenvalue weighted by Crippen LogP contribution is 2.37. The van der Waals surface area contributed by atoms with E-state index in [0.29, 0.717) is 11.1 Å². The second-order valence-corrected chi connectivity index (χ2v) is 5.10. The maximum Gasteiger partial charge on any atom is 0.106 e. The summed E-state index contributed by atoms with van der Waals surface area (Å²) in [7, 11) is 0. The number of aliphatic hydroxyl groups is 1. The highest BCUT2D eigenvalue weighted by molar-refractivity contribution is 6.30. The molecule has 3 heteroatoms. The van der Waals surface area contributed by atoms with E-state index in [9.17, 15) is 5.11 Å². The van der Waals surface area contributed by atoms with E-state index < -0.39 is 5.60 Å². The minimum Gasteiger partial charge on any atom is -0.383 e. The molecule has 1 aliphatic rings. The molecular weight excluding hydrogens is 222 g/mol. The van der Waals surface area contributed by atoms with Crippen molar-refractivity contribution in [2.75, 3.05) is 0 Å². The molecule has 2 N–H and O–H groups in total. The highest BCUT2D eigenvalue weighted by atomic mass is 35.5. The molecule has 1 fully saturated rings. The van der Waals surface area contributed by atoms with Crippen molar-refractivity contribution in [3.63, 3.8) is 0 Å². The van der Waals surface area contributed by atoms with Crippen LogP contribution in [0.2, 0.25) is 5.02 Å². The summed E-state index contributed by atoms with van der Waals surface area (Å²) >= 11 is 5.87. The molecule has 3 unspecified atom stereocenters. The van der Waals surface area contributed by atoms with Crippen molar-refractivity contribution in [2.45, 2.75) is 44.4 Å². The van der Waals surface area contributed by atoms with Crippen LogP contribution in [-0.4, -0.2) is 17.2 Å². The van der Waals surface area contributed by atoms with E-state index in [0.717, 1.165) is 18.4 Å². The number of benzene rings is 1. The molecule has 0 aliphatic carbocycles. The predicted octanol–water partition coefficient (Wildman–Crippen LogP) is 2.69. The number of halogens is 1. The van der Waals surface area contributed by atoms with Crippen LogP contribution in [0.5, 0.6) is 0 Å². The zero-order valence-electron chi connectivity index (χ0n) is 9.70. The van der Waals surface area contributed by atoms with Crippen LogP contribution >= 0.6 is 11.6 Å². The molecule has 0 aromatic heterocycles. The van der Waals surface area contributed by atoms with Crippen molar-refractivity contribution in [3.8, 4) is 0 Å². The summed E-state index contributed by atoms with van der Waals surface area (Å²) in [5.41, 5.74) is 0.208. The molecule has 2 nitrogen and oxygen atoms in total. The smallest absolute Gasteiger partial charge is 0.106 e. The van der Waals surface area contributed by atoms with Gasteiger partial charge in [-0.25, -0.2) is 0 Å². The first-order valence-corrected chi connectivity index (χ1v) is 6.18. The van der Waals surface area contributed by atoms with Crippen LogP contribution < -0.4 is 5.32 Å². The Morgan fingerprint density at radius 3 is 2.62 bits per heavy atom. The summed E-state index contributed by atoms with van der Waals surface area (Å²) in [6, 6.07) is 8.00. The molecule has 1 saturated heterocycles. The van der Waals surface area contributed by atoms with Gasteiger partial charge < -0.3 is 10.4 Å². The lowest BCUT2D eigenvalue weighted by Crippen LogP contribution is -2.40. The summed E-state index contributed by atoms with van der Waals surface area (Å²) in [6.45, 7) is 4.20. The lowest BCUT2D eigenvalue weighted by molar-refractivity contribution is 0.0214. The molecular formula is C13H18ClNO. The molecule has 88 valence electrons. The molecule has 0 radical (unpaired) electrons. The molecule has 2 rings (SSSR count). The largest absolute Gasteiger partial charge is 0.383 e. The molecule has 1 aromatic carbocycles. The molecule has 1 heterocycles. The molecule has 3 atom stereocenters. The van der Waals surface area contributed by atoms with Crippen molar-refractivity contribution >= 4 is 11.6 Å². The number of nitrogens with one attached hydrogen (secondary N) is 1. The van der Waals surface area contributed by atoms with Crippen LogP contribution in [-0.2, 0) is 5.60 Å². The monoisotopic (exact) mass is 239 g/mol. The van der Waals surface area contributed by atoms with Gasteiger partial charge in [0.1, 0.15) is 5.60 Å². The third-order valence-electron chi connectivity index (χ3n) is 3.43.